The minimum absolute atomic E-state index is 0.154. The fourth-order valence-corrected chi connectivity index (χ4v) is 4.20. The third-order valence-corrected chi connectivity index (χ3v) is 6.00. The summed E-state index contributed by atoms with van der Waals surface area (Å²) in [6.45, 7) is 3.25. The van der Waals surface area contributed by atoms with Crippen LogP contribution in [0.25, 0.3) is 0 Å². The Kier molecular flexibility index (Phi) is 4.98. The summed E-state index contributed by atoms with van der Waals surface area (Å²) in [5.74, 6) is 0.999. The number of hydrogen-bond donors (Lipinski definition) is 0. The number of nitrogens with zero attached hydrogens (tertiary/aromatic N) is 2. The van der Waals surface area contributed by atoms with E-state index in [0.29, 0.717) is 45.1 Å². The molecule has 5 heteroatoms. The Morgan fingerprint density at radius 3 is 2.73 bits per heavy atom. The first kappa shape index (κ1) is 17.5. The van der Waals surface area contributed by atoms with Crippen molar-refractivity contribution in [2.75, 3.05) is 32.8 Å². The summed E-state index contributed by atoms with van der Waals surface area (Å²) in [7, 11) is 0. The molecule has 0 bridgehead atoms. The van der Waals surface area contributed by atoms with Crippen molar-refractivity contribution >= 4 is 11.8 Å². The molecular formula is C21H28N2O3. The summed E-state index contributed by atoms with van der Waals surface area (Å²) in [5.41, 5.74) is 0.875. The number of hydrogen-bond acceptors (Lipinski definition) is 3. The minimum atomic E-state index is -0.307. The summed E-state index contributed by atoms with van der Waals surface area (Å²) < 4.78 is 5.70. The molecule has 26 heavy (non-hydrogen) atoms. The van der Waals surface area contributed by atoms with Gasteiger partial charge in [0, 0.05) is 39.1 Å². The summed E-state index contributed by atoms with van der Waals surface area (Å²) in [4.78, 5) is 29.7. The molecule has 4 rings (SSSR count). The second-order valence-electron chi connectivity index (χ2n) is 8.03. The number of benzene rings is 1. The van der Waals surface area contributed by atoms with E-state index in [0.717, 1.165) is 19.4 Å². The molecule has 3 fully saturated rings. The molecule has 0 aromatic heterocycles. The number of amides is 2. The lowest BCUT2D eigenvalue weighted by molar-refractivity contribution is -0.138. The molecule has 1 aliphatic carbocycles. The van der Waals surface area contributed by atoms with Crippen LogP contribution >= 0.6 is 0 Å². The topological polar surface area (TPSA) is 49.9 Å². The van der Waals surface area contributed by atoms with Crippen molar-refractivity contribution in [3.63, 3.8) is 0 Å². The summed E-state index contributed by atoms with van der Waals surface area (Å²) >= 11 is 0. The van der Waals surface area contributed by atoms with E-state index in [4.69, 9.17) is 4.74 Å². The highest BCUT2D eigenvalue weighted by atomic mass is 16.5. The molecule has 1 unspecified atom stereocenters. The zero-order valence-electron chi connectivity index (χ0n) is 15.4. The molecule has 2 amide bonds. The predicted octanol–water partition coefficient (Wildman–Crippen LogP) is 2.25. The number of carbonyl (C=O) groups excluding carboxylic acids is 2. The maximum absolute atomic E-state index is 12.9. The van der Waals surface area contributed by atoms with Crippen LogP contribution in [0.4, 0.5) is 0 Å². The van der Waals surface area contributed by atoms with Gasteiger partial charge >= 0.3 is 0 Å². The predicted molar refractivity (Wildman–Crippen MR) is 98.6 cm³/mol. The molecule has 1 aromatic rings. The van der Waals surface area contributed by atoms with E-state index in [1.165, 1.54) is 18.4 Å². The molecule has 1 atom stereocenters. The van der Waals surface area contributed by atoms with Gasteiger partial charge in [0.05, 0.1) is 12.1 Å². The SMILES string of the molecule is O=C(CCc1ccccc1)N1CCC(=O)N(CC2CC2)C2(CCOC2)C1. The van der Waals surface area contributed by atoms with Crippen molar-refractivity contribution in [1.29, 1.82) is 0 Å². The Bertz CT molecular complexity index is 650. The van der Waals surface area contributed by atoms with E-state index in [-0.39, 0.29) is 17.4 Å². The summed E-state index contributed by atoms with van der Waals surface area (Å²) in [6, 6.07) is 10.1. The molecule has 0 radical (unpaired) electrons. The van der Waals surface area contributed by atoms with Crippen LogP contribution in [0, 0.1) is 5.92 Å². The first-order chi connectivity index (χ1) is 12.7. The highest BCUT2D eigenvalue weighted by Crippen LogP contribution is 2.37. The molecular weight excluding hydrogens is 328 g/mol. The smallest absolute Gasteiger partial charge is 0.224 e. The zero-order chi connectivity index (χ0) is 18.0. The maximum Gasteiger partial charge on any atom is 0.224 e. The first-order valence-corrected chi connectivity index (χ1v) is 9.86. The monoisotopic (exact) mass is 356 g/mol. The lowest BCUT2D eigenvalue weighted by Crippen LogP contribution is -2.57. The third-order valence-electron chi connectivity index (χ3n) is 6.00. The second kappa shape index (κ2) is 7.39. The Morgan fingerprint density at radius 2 is 2.04 bits per heavy atom. The molecule has 1 aromatic carbocycles. The Morgan fingerprint density at radius 1 is 1.23 bits per heavy atom. The van der Waals surface area contributed by atoms with Gasteiger partial charge < -0.3 is 14.5 Å². The zero-order valence-corrected chi connectivity index (χ0v) is 15.4. The molecule has 2 heterocycles. The van der Waals surface area contributed by atoms with Crippen LogP contribution in [0.15, 0.2) is 30.3 Å². The van der Waals surface area contributed by atoms with Gasteiger partial charge in [0.25, 0.3) is 0 Å². The van der Waals surface area contributed by atoms with Crippen LogP contribution in [0.5, 0.6) is 0 Å². The molecule has 140 valence electrons. The molecule has 2 saturated heterocycles. The van der Waals surface area contributed by atoms with Crippen LogP contribution in [0.2, 0.25) is 0 Å². The molecule has 3 aliphatic rings. The van der Waals surface area contributed by atoms with Crippen molar-refractivity contribution in [2.45, 2.75) is 44.1 Å². The number of carbonyl (C=O) groups is 2. The Labute approximate surface area is 155 Å². The van der Waals surface area contributed by atoms with Crippen LogP contribution in [0.3, 0.4) is 0 Å². The normalized spacial score (nSPS) is 26.4. The van der Waals surface area contributed by atoms with Crippen molar-refractivity contribution in [3.05, 3.63) is 35.9 Å². The molecule has 2 aliphatic heterocycles. The highest BCUT2D eigenvalue weighted by molar-refractivity contribution is 5.81. The van der Waals surface area contributed by atoms with Crippen molar-refractivity contribution in [1.82, 2.24) is 9.80 Å². The van der Waals surface area contributed by atoms with Gasteiger partial charge in [0.2, 0.25) is 11.8 Å². The third kappa shape index (κ3) is 3.78. The van der Waals surface area contributed by atoms with E-state index in [1.807, 2.05) is 23.1 Å². The van der Waals surface area contributed by atoms with Gasteiger partial charge in [-0.05, 0) is 37.2 Å². The van der Waals surface area contributed by atoms with Crippen LogP contribution in [-0.4, -0.2) is 60.0 Å². The summed E-state index contributed by atoms with van der Waals surface area (Å²) in [5, 5.41) is 0. The van der Waals surface area contributed by atoms with Crippen LogP contribution < -0.4 is 0 Å². The van der Waals surface area contributed by atoms with E-state index < -0.39 is 0 Å². The largest absolute Gasteiger partial charge is 0.379 e. The lowest BCUT2D eigenvalue weighted by atomic mass is 9.94. The fourth-order valence-electron chi connectivity index (χ4n) is 4.20. The number of rotatable bonds is 5. The molecule has 1 spiro atoms. The van der Waals surface area contributed by atoms with Gasteiger partial charge in [-0.15, -0.1) is 0 Å². The van der Waals surface area contributed by atoms with Gasteiger partial charge in [0.1, 0.15) is 0 Å². The Hall–Kier alpha value is -1.88. The molecule has 5 nitrogen and oxygen atoms in total. The first-order valence-electron chi connectivity index (χ1n) is 9.86. The molecule has 1 saturated carbocycles. The van der Waals surface area contributed by atoms with Crippen molar-refractivity contribution < 1.29 is 14.3 Å². The second-order valence-corrected chi connectivity index (χ2v) is 8.03. The van der Waals surface area contributed by atoms with Crippen molar-refractivity contribution in [2.24, 2.45) is 5.92 Å². The van der Waals surface area contributed by atoms with Gasteiger partial charge in [-0.1, -0.05) is 30.3 Å². The van der Waals surface area contributed by atoms with Gasteiger partial charge in [-0.2, -0.15) is 0 Å². The fraction of sp³-hybridized carbons (Fsp3) is 0.619. The van der Waals surface area contributed by atoms with Crippen molar-refractivity contribution in [3.8, 4) is 0 Å². The Balaban J connectivity index is 1.45. The van der Waals surface area contributed by atoms with E-state index in [9.17, 15) is 9.59 Å². The van der Waals surface area contributed by atoms with Gasteiger partial charge in [0.15, 0.2) is 0 Å². The number of ether oxygens (including phenoxy) is 1. The standard InChI is InChI=1S/C21H28N2O3/c24-19(9-8-17-4-2-1-3-5-17)22-12-10-20(25)23(14-18-6-7-18)21(15-22)11-13-26-16-21/h1-5,18H,6-16H2. The number of aryl methyl sites for hydroxylation is 1. The van der Waals surface area contributed by atoms with E-state index in [1.54, 1.807) is 0 Å². The minimum Gasteiger partial charge on any atom is -0.379 e. The average Bonchev–Trinajstić information content (AvgIpc) is 3.39. The van der Waals surface area contributed by atoms with E-state index >= 15 is 0 Å². The van der Waals surface area contributed by atoms with Crippen LogP contribution in [0.1, 0.15) is 37.7 Å². The van der Waals surface area contributed by atoms with Gasteiger partial charge in [-0.3, -0.25) is 9.59 Å². The lowest BCUT2D eigenvalue weighted by Gasteiger charge is -2.40. The average molecular weight is 356 g/mol. The molecule has 0 N–H and O–H groups in total. The van der Waals surface area contributed by atoms with Crippen LogP contribution in [-0.2, 0) is 20.7 Å². The summed E-state index contributed by atoms with van der Waals surface area (Å²) in [6.07, 6.45) is 4.97. The quantitative estimate of drug-likeness (QED) is 0.813. The maximum atomic E-state index is 12.9. The van der Waals surface area contributed by atoms with E-state index in [2.05, 4.69) is 17.0 Å². The highest BCUT2D eigenvalue weighted by Gasteiger charge is 2.48. The van der Waals surface area contributed by atoms with Gasteiger partial charge in [-0.25, -0.2) is 0 Å².